The summed E-state index contributed by atoms with van der Waals surface area (Å²) in [6.45, 7) is 3.59. The molecule has 0 saturated heterocycles. The average molecular weight is 290 g/mol. The highest BCUT2D eigenvalue weighted by atomic mass is 32.2. The van der Waals surface area contributed by atoms with E-state index in [2.05, 4.69) is 0 Å². The Morgan fingerprint density at radius 1 is 0.895 bits per heavy atom. The average Bonchev–Trinajstić information content (AvgIpc) is 2.35. The van der Waals surface area contributed by atoms with Crippen LogP contribution >= 0.6 is 23.5 Å². The van der Waals surface area contributed by atoms with E-state index in [1.54, 1.807) is 43.4 Å². The lowest BCUT2D eigenvalue weighted by atomic mass is 9.98. The van der Waals surface area contributed by atoms with Crippen LogP contribution in [0.5, 0.6) is 5.75 Å². The van der Waals surface area contributed by atoms with Gasteiger partial charge in [-0.15, -0.1) is 0 Å². The molecule has 2 nitrogen and oxygen atoms in total. The summed E-state index contributed by atoms with van der Waals surface area (Å²) in [6.07, 6.45) is 0. The molecule has 0 atom stereocenters. The van der Waals surface area contributed by atoms with E-state index in [1.807, 2.05) is 30.3 Å². The van der Waals surface area contributed by atoms with Gasteiger partial charge in [-0.2, -0.15) is 0 Å². The number of hydrogen-bond acceptors (Lipinski definition) is 4. The normalized spacial score (nSPS) is 13.8. The van der Waals surface area contributed by atoms with Gasteiger partial charge < -0.3 is 10.2 Å². The molecule has 0 amide bonds. The van der Waals surface area contributed by atoms with Crippen LogP contribution in [0.15, 0.2) is 56.0 Å². The standard InChI is InChI=1S/C15H14O2S2/c1-15(2,17)9-5-3-7-11-13(9)18-12-8-4-6-10(16)14(12)19-11/h3-8,16-17H,1-2H3. The topological polar surface area (TPSA) is 40.5 Å². The van der Waals surface area contributed by atoms with Crippen molar-refractivity contribution in [3.05, 3.63) is 42.0 Å². The fourth-order valence-electron chi connectivity index (χ4n) is 2.09. The van der Waals surface area contributed by atoms with Crippen molar-refractivity contribution in [1.82, 2.24) is 0 Å². The van der Waals surface area contributed by atoms with Gasteiger partial charge in [0.05, 0.1) is 10.5 Å². The Morgan fingerprint density at radius 2 is 1.47 bits per heavy atom. The first kappa shape index (κ1) is 12.9. The lowest BCUT2D eigenvalue weighted by Gasteiger charge is -2.26. The Morgan fingerprint density at radius 3 is 2.16 bits per heavy atom. The molecule has 0 fully saturated rings. The molecule has 3 rings (SSSR count). The van der Waals surface area contributed by atoms with E-state index in [-0.39, 0.29) is 0 Å². The van der Waals surface area contributed by atoms with Gasteiger partial charge in [0.25, 0.3) is 0 Å². The molecule has 98 valence electrons. The van der Waals surface area contributed by atoms with Gasteiger partial charge in [-0.3, -0.25) is 0 Å². The zero-order valence-corrected chi connectivity index (χ0v) is 12.3. The molecule has 0 spiro atoms. The smallest absolute Gasteiger partial charge is 0.130 e. The van der Waals surface area contributed by atoms with E-state index < -0.39 is 5.60 Å². The first-order valence-electron chi connectivity index (χ1n) is 6.00. The number of aliphatic hydroxyl groups is 1. The van der Waals surface area contributed by atoms with Crippen molar-refractivity contribution in [2.45, 2.75) is 39.0 Å². The van der Waals surface area contributed by atoms with Crippen molar-refractivity contribution >= 4 is 23.5 Å². The maximum absolute atomic E-state index is 10.3. The first-order chi connectivity index (χ1) is 8.97. The fourth-order valence-corrected chi connectivity index (χ4v) is 4.66. The van der Waals surface area contributed by atoms with Gasteiger partial charge in [0.1, 0.15) is 5.75 Å². The predicted octanol–water partition coefficient (Wildman–Crippen LogP) is 4.24. The summed E-state index contributed by atoms with van der Waals surface area (Å²) in [4.78, 5) is 4.10. The van der Waals surface area contributed by atoms with Crippen LogP contribution in [0, 0.1) is 0 Å². The van der Waals surface area contributed by atoms with E-state index in [0.29, 0.717) is 5.75 Å². The minimum Gasteiger partial charge on any atom is -0.507 e. The zero-order valence-electron chi connectivity index (χ0n) is 10.7. The lowest BCUT2D eigenvalue weighted by Crippen LogP contribution is -2.17. The Kier molecular flexibility index (Phi) is 3.04. The van der Waals surface area contributed by atoms with Crippen molar-refractivity contribution in [2.75, 3.05) is 0 Å². The van der Waals surface area contributed by atoms with E-state index in [4.69, 9.17) is 0 Å². The summed E-state index contributed by atoms with van der Waals surface area (Å²) in [5.41, 5.74) is 0.0595. The molecule has 2 N–H and O–H groups in total. The van der Waals surface area contributed by atoms with Crippen LogP contribution in [0.2, 0.25) is 0 Å². The molecule has 1 aliphatic rings. The monoisotopic (exact) mass is 290 g/mol. The van der Waals surface area contributed by atoms with Gasteiger partial charge >= 0.3 is 0 Å². The predicted molar refractivity (Wildman–Crippen MR) is 78.0 cm³/mol. The second kappa shape index (κ2) is 4.47. The van der Waals surface area contributed by atoms with Crippen molar-refractivity contribution in [1.29, 1.82) is 0 Å². The molecule has 0 aliphatic carbocycles. The molecule has 0 aromatic heterocycles. The van der Waals surface area contributed by atoms with Crippen molar-refractivity contribution in [2.24, 2.45) is 0 Å². The lowest BCUT2D eigenvalue weighted by molar-refractivity contribution is 0.0753. The van der Waals surface area contributed by atoms with E-state index in [9.17, 15) is 10.2 Å². The number of hydrogen-bond donors (Lipinski definition) is 2. The van der Waals surface area contributed by atoms with Crippen LogP contribution in [-0.4, -0.2) is 10.2 Å². The number of fused-ring (bicyclic) bond motifs is 2. The highest BCUT2D eigenvalue weighted by molar-refractivity contribution is 8.05. The molecule has 2 aromatic rings. The van der Waals surface area contributed by atoms with Gasteiger partial charge in [-0.1, -0.05) is 41.7 Å². The van der Waals surface area contributed by atoms with Gasteiger partial charge in [-0.05, 0) is 37.6 Å². The summed E-state index contributed by atoms with van der Waals surface area (Å²) in [5, 5.41) is 20.2. The van der Waals surface area contributed by atoms with Gasteiger partial charge in [-0.25, -0.2) is 0 Å². The maximum atomic E-state index is 10.3. The zero-order chi connectivity index (χ0) is 13.6. The molecule has 1 heterocycles. The SMILES string of the molecule is CC(C)(O)c1cccc2c1Sc1cccc(O)c1S2. The third-order valence-electron chi connectivity index (χ3n) is 3.02. The second-order valence-corrected chi connectivity index (χ2v) is 7.10. The Hall–Kier alpha value is -1.10. The molecule has 0 saturated carbocycles. The Labute approximate surface area is 120 Å². The highest BCUT2D eigenvalue weighted by Gasteiger charge is 2.27. The molecule has 0 bridgehead atoms. The van der Waals surface area contributed by atoms with Crippen molar-refractivity contribution in [3.8, 4) is 5.75 Å². The van der Waals surface area contributed by atoms with Crippen molar-refractivity contribution in [3.63, 3.8) is 0 Å². The van der Waals surface area contributed by atoms with Crippen LogP contribution in [0.1, 0.15) is 19.4 Å². The minimum atomic E-state index is -0.868. The van der Waals surface area contributed by atoms with Crippen LogP contribution in [0.3, 0.4) is 0 Å². The number of phenols is 1. The maximum Gasteiger partial charge on any atom is 0.130 e. The fraction of sp³-hybridized carbons (Fsp3) is 0.200. The summed E-state index contributed by atoms with van der Waals surface area (Å²) in [5.74, 6) is 0.314. The van der Waals surface area contributed by atoms with Gasteiger partial charge in [0.15, 0.2) is 0 Å². The Bertz CT molecular complexity index is 645. The molecule has 1 aliphatic heterocycles. The summed E-state index contributed by atoms with van der Waals surface area (Å²) < 4.78 is 0. The molecular formula is C15H14O2S2. The third-order valence-corrected chi connectivity index (χ3v) is 5.68. The number of rotatable bonds is 1. The summed E-state index contributed by atoms with van der Waals surface area (Å²) in [6, 6.07) is 11.5. The molecule has 0 unspecified atom stereocenters. The van der Waals surface area contributed by atoms with Gasteiger partial charge in [0.2, 0.25) is 0 Å². The number of aromatic hydroxyl groups is 1. The second-order valence-electron chi connectivity index (χ2n) is 5.00. The summed E-state index contributed by atoms with van der Waals surface area (Å²) >= 11 is 3.17. The van der Waals surface area contributed by atoms with E-state index >= 15 is 0 Å². The first-order valence-corrected chi connectivity index (χ1v) is 7.63. The van der Waals surface area contributed by atoms with Crippen LogP contribution in [0.4, 0.5) is 0 Å². The minimum absolute atomic E-state index is 0.314. The number of benzene rings is 2. The Balaban J connectivity index is 2.15. The van der Waals surface area contributed by atoms with Crippen LogP contribution in [0.25, 0.3) is 0 Å². The van der Waals surface area contributed by atoms with E-state index in [0.717, 1.165) is 25.1 Å². The van der Waals surface area contributed by atoms with E-state index in [1.165, 1.54) is 0 Å². The van der Waals surface area contributed by atoms with Crippen LogP contribution < -0.4 is 0 Å². The molecule has 0 radical (unpaired) electrons. The number of phenolic OH excluding ortho intramolecular Hbond substituents is 1. The largest absolute Gasteiger partial charge is 0.507 e. The molecule has 2 aromatic carbocycles. The van der Waals surface area contributed by atoms with Crippen molar-refractivity contribution < 1.29 is 10.2 Å². The molecular weight excluding hydrogens is 276 g/mol. The van der Waals surface area contributed by atoms with Gasteiger partial charge in [0, 0.05) is 14.7 Å². The molecule has 4 heteroatoms. The van der Waals surface area contributed by atoms with Crippen LogP contribution in [-0.2, 0) is 5.60 Å². The quantitative estimate of drug-likeness (QED) is 0.703. The molecule has 19 heavy (non-hydrogen) atoms. The third kappa shape index (κ3) is 2.24. The highest BCUT2D eigenvalue weighted by Crippen LogP contribution is 2.53. The summed E-state index contributed by atoms with van der Waals surface area (Å²) in [7, 11) is 0.